The second-order valence-corrected chi connectivity index (χ2v) is 4.81. The first-order valence-corrected chi connectivity index (χ1v) is 6.33. The van der Waals surface area contributed by atoms with E-state index in [2.05, 4.69) is 32.9 Å². The number of halogens is 1. The van der Waals surface area contributed by atoms with E-state index in [4.69, 9.17) is 0 Å². The molecular formula is C12H12IN3O. The average molecular weight is 341 g/mol. The number of carbonyl (C=O) groups excluding carboxylic acids is 1. The number of hydrogen-bond donors (Lipinski definition) is 1. The van der Waals surface area contributed by atoms with Gasteiger partial charge in [-0.1, -0.05) is 0 Å². The molecule has 5 heteroatoms. The Morgan fingerprint density at radius 2 is 2.12 bits per heavy atom. The molecule has 0 aliphatic carbocycles. The summed E-state index contributed by atoms with van der Waals surface area (Å²) in [5.41, 5.74) is 0.601. The molecule has 88 valence electrons. The quantitative estimate of drug-likeness (QED) is 0.864. The first-order valence-electron chi connectivity index (χ1n) is 5.25. The van der Waals surface area contributed by atoms with Crippen molar-refractivity contribution in [3.8, 4) is 0 Å². The zero-order valence-electron chi connectivity index (χ0n) is 9.14. The average Bonchev–Trinajstić information content (AvgIpc) is 2.82. The van der Waals surface area contributed by atoms with Gasteiger partial charge in [-0.05, 0) is 40.8 Å². The highest BCUT2D eigenvalue weighted by molar-refractivity contribution is 14.1. The summed E-state index contributed by atoms with van der Waals surface area (Å²) in [6.07, 6.45) is 7.24. The maximum Gasteiger partial charge on any atom is 0.252 e. The van der Waals surface area contributed by atoms with Crippen molar-refractivity contribution in [2.45, 2.75) is 6.54 Å². The van der Waals surface area contributed by atoms with Crippen molar-refractivity contribution in [2.75, 3.05) is 6.54 Å². The van der Waals surface area contributed by atoms with Crippen molar-refractivity contribution < 1.29 is 4.79 Å². The minimum Gasteiger partial charge on any atom is -0.353 e. The highest BCUT2D eigenvalue weighted by Crippen LogP contribution is 2.05. The zero-order chi connectivity index (χ0) is 12.1. The molecule has 0 radical (unpaired) electrons. The lowest BCUT2D eigenvalue weighted by molar-refractivity contribution is 0.0952. The van der Waals surface area contributed by atoms with Crippen LogP contribution in [0.25, 0.3) is 0 Å². The van der Waals surface area contributed by atoms with E-state index in [-0.39, 0.29) is 5.91 Å². The van der Waals surface area contributed by atoms with Crippen LogP contribution in [0.5, 0.6) is 0 Å². The summed E-state index contributed by atoms with van der Waals surface area (Å²) in [6.45, 7) is 1.38. The van der Waals surface area contributed by atoms with E-state index in [1.165, 1.54) is 0 Å². The number of amides is 1. The van der Waals surface area contributed by atoms with Gasteiger partial charge in [-0.15, -0.1) is 0 Å². The van der Waals surface area contributed by atoms with E-state index in [1.54, 1.807) is 12.4 Å². The van der Waals surface area contributed by atoms with Crippen LogP contribution in [-0.4, -0.2) is 22.0 Å². The highest BCUT2D eigenvalue weighted by Gasteiger charge is 2.05. The van der Waals surface area contributed by atoms with E-state index in [9.17, 15) is 4.79 Å². The van der Waals surface area contributed by atoms with E-state index < -0.39 is 0 Å². The van der Waals surface area contributed by atoms with Crippen molar-refractivity contribution in [3.63, 3.8) is 0 Å². The third kappa shape index (κ3) is 3.55. The molecule has 0 unspecified atom stereocenters. The van der Waals surface area contributed by atoms with Crippen LogP contribution in [0, 0.1) is 3.57 Å². The SMILES string of the molecule is O=C(NCCn1cccc1)c1cncc(I)c1. The molecule has 0 aromatic carbocycles. The molecule has 0 aliphatic heterocycles. The van der Waals surface area contributed by atoms with Crippen molar-refractivity contribution in [3.05, 3.63) is 52.1 Å². The van der Waals surface area contributed by atoms with Gasteiger partial charge < -0.3 is 9.88 Å². The molecule has 0 bridgehead atoms. The third-order valence-corrected chi connectivity index (χ3v) is 2.88. The number of nitrogens with zero attached hydrogens (tertiary/aromatic N) is 2. The molecule has 1 N–H and O–H groups in total. The van der Waals surface area contributed by atoms with Crippen LogP contribution in [0.2, 0.25) is 0 Å². The predicted molar refractivity (Wildman–Crippen MR) is 73.7 cm³/mol. The monoisotopic (exact) mass is 341 g/mol. The summed E-state index contributed by atoms with van der Waals surface area (Å²) >= 11 is 2.14. The van der Waals surface area contributed by atoms with Crippen molar-refractivity contribution in [1.82, 2.24) is 14.9 Å². The van der Waals surface area contributed by atoms with Gasteiger partial charge in [0.1, 0.15) is 0 Å². The molecule has 17 heavy (non-hydrogen) atoms. The Hall–Kier alpha value is -1.37. The van der Waals surface area contributed by atoms with E-state index in [1.807, 2.05) is 35.2 Å². The van der Waals surface area contributed by atoms with Gasteiger partial charge in [0.25, 0.3) is 5.91 Å². The summed E-state index contributed by atoms with van der Waals surface area (Å²) in [5.74, 6) is -0.0804. The molecule has 2 aromatic heterocycles. The van der Waals surface area contributed by atoms with Crippen LogP contribution in [0.1, 0.15) is 10.4 Å². The molecule has 2 rings (SSSR count). The van der Waals surface area contributed by atoms with Crippen LogP contribution >= 0.6 is 22.6 Å². The standard InChI is InChI=1S/C12H12IN3O/c13-11-7-10(8-14-9-11)12(17)15-3-6-16-4-1-2-5-16/h1-2,4-5,7-9H,3,6H2,(H,15,17). The lowest BCUT2D eigenvalue weighted by Crippen LogP contribution is -2.27. The molecule has 2 heterocycles. The van der Waals surface area contributed by atoms with Gasteiger partial charge in [-0.3, -0.25) is 9.78 Å². The summed E-state index contributed by atoms with van der Waals surface area (Å²) in [5, 5.41) is 2.86. The van der Waals surface area contributed by atoms with Gasteiger partial charge in [0.15, 0.2) is 0 Å². The maximum atomic E-state index is 11.8. The largest absolute Gasteiger partial charge is 0.353 e. The number of hydrogen-bond acceptors (Lipinski definition) is 2. The Morgan fingerprint density at radius 1 is 1.35 bits per heavy atom. The Morgan fingerprint density at radius 3 is 2.82 bits per heavy atom. The molecule has 1 amide bonds. The summed E-state index contributed by atoms with van der Waals surface area (Å²) in [6, 6.07) is 5.75. The lowest BCUT2D eigenvalue weighted by Gasteiger charge is -2.06. The van der Waals surface area contributed by atoms with Gasteiger partial charge in [0, 0.05) is 41.4 Å². The topological polar surface area (TPSA) is 46.9 Å². The molecule has 2 aromatic rings. The van der Waals surface area contributed by atoms with E-state index in [0.29, 0.717) is 12.1 Å². The Labute approximate surface area is 113 Å². The zero-order valence-corrected chi connectivity index (χ0v) is 11.3. The van der Waals surface area contributed by atoms with Crippen LogP contribution in [0.3, 0.4) is 0 Å². The van der Waals surface area contributed by atoms with Crippen LogP contribution in [0.15, 0.2) is 43.0 Å². The van der Waals surface area contributed by atoms with Gasteiger partial charge in [0.2, 0.25) is 0 Å². The number of aromatic nitrogens is 2. The van der Waals surface area contributed by atoms with Crippen molar-refractivity contribution in [2.24, 2.45) is 0 Å². The number of rotatable bonds is 4. The van der Waals surface area contributed by atoms with Crippen LogP contribution < -0.4 is 5.32 Å². The minimum absolute atomic E-state index is 0.0804. The van der Waals surface area contributed by atoms with Crippen LogP contribution in [-0.2, 0) is 6.54 Å². The molecule has 4 nitrogen and oxygen atoms in total. The van der Waals surface area contributed by atoms with Crippen LogP contribution in [0.4, 0.5) is 0 Å². The van der Waals surface area contributed by atoms with Gasteiger partial charge >= 0.3 is 0 Å². The second-order valence-electron chi connectivity index (χ2n) is 3.57. The predicted octanol–water partition coefficient (Wildman–Crippen LogP) is 1.92. The maximum absolute atomic E-state index is 11.8. The molecule has 0 saturated carbocycles. The summed E-state index contributed by atoms with van der Waals surface area (Å²) in [4.78, 5) is 15.8. The second kappa shape index (κ2) is 5.81. The van der Waals surface area contributed by atoms with E-state index in [0.717, 1.165) is 10.1 Å². The van der Waals surface area contributed by atoms with Gasteiger partial charge in [0.05, 0.1) is 5.56 Å². The minimum atomic E-state index is -0.0804. The van der Waals surface area contributed by atoms with Crippen molar-refractivity contribution >= 4 is 28.5 Å². The molecule has 0 atom stereocenters. The Balaban J connectivity index is 1.85. The lowest BCUT2D eigenvalue weighted by atomic mass is 10.3. The third-order valence-electron chi connectivity index (χ3n) is 2.29. The molecule has 0 fully saturated rings. The first kappa shape index (κ1) is 12.1. The summed E-state index contributed by atoms with van der Waals surface area (Å²) in [7, 11) is 0. The smallest absolute Gasteiger partial charge is 0.252 e. The highest BCUT2D eigenvalue weighted by atomic mass is 127. The fraction of sp³-hybridized carbons (Fsp3) is 0.167. The number of carbonyl (C=O) groups is 1. The first-order chi connectivity index (χ1) is 8.25. The molecule has 0 aliphatic rings. The molecular weight excluding hydrogens is 329 g/mol. The van der Waals surface area contributed by atoms with E-state index >= 15 is 0 Å². The summed E-state index contributed by atoms with van der Waals surface area (Å²) < 4.78 is 2.98. The fourth-order valence-corrected chi connectivity index (χ4v) is 1.95. The normalized spacial score (nSPS) is 10.2. The van der Waals surface area contributed by atoms with Gasteiger partial charge in [-0.25, -0.2) is 0 Å². The number of pyridine rings is 1. The Kier molecular flexibility index (Phi) is 4.13. The van der Waals surface area contributed by atoms with Gasteiger partial charge in [-0.2, -0.15) is 0 Å². The fourth-order valence-electron chi connectivity index (χ4n) is 1.46. The Bertz CT molecular complexity index is 496. The van der Waals surface area contributed by atoms with Crippen molar-refractivity contribution in [1.29, 1.82) is 0 Å². The molecule has 0 spiro atoms. The number of nitrogens with one attached hydrogen (secondary N) is 1. The molecule has 0 saturated heterocycles.